The first kappa shape index (κ1) is 24.4. The molecule has 178 valence electrons. The van der Waals surface area contributed by atoms with Crippen molar-refractivity contribution in [1.29, 1.82) is 0 Å². The molecule has 0 aromatic heterocycles. The molecule has 1 heterocycles. The lowest BCUT2D eigenvalue weighted by molar-refractivity contribution is -0.115. The number of amides is 2. The Morgan fingerprint density at radius 3 is 2.23 bits per heavy atom. The Kier molecular flexibility index (Phi) is 8.13. The van der Waals surface area contributed by atoms with Crippen molar-refractivity contribution in [2.45, 2.75) is 0 Å². The van der Waals surface area contributed by atoms with Crippen LogP contribution in [-0.4, -0.2) is 48.0 Å². The van der Waals surface area contributed by atoms with Crippen molar-refractivity contribution in [3.05, 3.63) is 101 Å². The summed E-state index contributed by atoms with van der Waals surface area (Å²) < 4.78 is 0. The molecule has 1 aliphatic heterocycles. The standard InChI is InChI=1S/C27H25ClN4O2S/c28-22-13-10-20(11-14-22)12-15-25(33)30-27(35)29-23-8-4-5-9-24(23)31-16-18-32(19-17-31)26(34)21-6-2-1-3-7-21/h1-15H,16-19H2,(H2,29,30,33,35)/b15-12+. The van der Waals surface area contributed by atoms with Crippen molar-refractivity contribution in [1.82, 2.24) is 10.2 Å². The summed E-state index contributed by atoms with van der Waals surface area (Å²) in [5, 5.41) is 6.66. The highest BCUT2D eigenvalue weighted by molar-refractivity contribution is 7.80. The van der Waals surface area contributed by atoms with E-state index in [0.717, 1.165) is 16.9 Å². The van der Waals surface area contributed by atoms with Gasteiger partial charge < -0.3 is 15.1 Å². The third-order valence-corrected chi connectivity index (χ3v) is 6.07. The normalized spacial score (nSPS) is 13.5. The number of nitrogens with one attached hydrogen (secondary N) is 2. The first-order chi connectivity index (χ1) is 17.0. The van der Waals surface area contributed by atoms with E-state index in [0.29, 0.717) is 36.8 Å². The molecule has 1 saturated heterocycles. The maximum absolute atomic E-state index is 12.7. The van der Waals surface area contributed by atoms with E-state index in [4.69, 9.17) is 23.8 Å². The maximum Gasteiger partial charge on any atom is 0.253 e. The van der Waals surface area contributed by atoms with Gasteiger partial charge in [0.25, 0.3) is 5.91 Å². The van der Waals surface area contributed by atoms with Crippen LogP contribution in [0.15, 0.2) is 84.9 Å². The summed E-state index contributed by atoms with van der Waals surface area (Å²) in [7, 11) is 0. The van der Waals surface area contributed by atoms with Crippen molar-refractivity contribution >= 4 is 58.2 Å². The van der Waals surface area contributed by atoms with Crippen molar-refractivity contribution in [3.8, 4) is 0 Å². The number of carbonyl (C=O) groups excluding carboxylic acids is 2. The van der Waals surface area contributed by atoms with E-state index in [2.05, 4.69) is 15.5 Å². The van der Waals surface area contributed by atoms with E-state index < -0.39 is 0 Å². The van der Waals surface area contributed by atoms with Gasteiger partial charge in [0, 0.05) is 42.8 Å². The summed E-state index contributed by atoms with van der Waals surface area (Å²) in [6.07, 6.45) is 3.12. The minimum atomic E-state index is -0.331. The lowest BCUT2D eigenvalue weighted by Gasteiger charge is -2.37. The summed E-state index contributed by atoms with van der Waals surface area (Å²) in [5.74, 6) is -0.282. The smallest absolute Gasteiger partial charge is 0.253 e. The summed E-state index contributed by atoms with van der Waals surface area (Å²) >= 11 is 11.2. The van der Waals surface area contributed by atoms with Gasteiger partial charge in [0.2, 0.25) is 5.91 Å². The first-order valence-corrected chi connectivity index (χ1v) is 12.0. The monoisotopic (exact) mass is 504 g/mol. The molecule has 0 aliphatic carbocycles. The Bertz CT molecular complexity index is 1220. The van der Waals surface area contributed by atoms with Crippen LogP contribution in [0.4, 0.5) is 11.4 Å². The van der Waals surface area contributed by atoms with Crippen LogP contribution in [0.25, 0.3) is 6.08 Å². The lowest BCUT2D eigenvalue weighted by Crippen LogP contribution is -2.49. The average Bonchev–Trinajstić information content (AvgIpc) is 2.89. The van der Waals surface area contributed by atoms with Gasteiger partial charge in [-0.05, 0) is 60.3 Å². The molecule has 35 heavy (non-hydrogen) atoms. The minimum absolute atomic E-state index is 0.0483. The second-order valence-corrected chi connectivity index (χ2v) is 8.84. The Hall–Kier alpha value is -3.68. The SMILES string of the molecule is O=C(/C=C/c1ccc(Cl)cc1)NC(=S)Nc1ccccc1N1CCN(C(=O)c2ccccc2)CC1. The van der Waals surface area contributed by atoms with E-state index in [-0.39, 0.29) is 16.9 Å². The highest BCUT2D eigenvalue weighted by Gasteiger charge is 2.23. The minimum Gasteiger partial charge on any atom is -0.366 e. The van der Waals surface area contributed by atoms with Gasteiger partial charge in [-0.2, -0.15) is 0 Å². The number of para-hydroxylation sites is 2. The van der Waals surface area contributed by atoms with Crippen molar-refractivity contribution < 1.29 is 9.59 Å². The molecule has 0 spiro atoms. The van der Waals surface area contributed by atoms with Crippen LogP contribution >= 0.6 is 23.8 Å². The summed E-state index contributed by atoms with van der Waals surface area (Å²) in [6.45, 7) is 2.64. The summed E-state index contributed by atoms with van der Waals surface area (Å²) in [5.41, 5.74) is 3.32. The molecule has 0 bridgehead atoms. The lowest BCUT2D eigenvalue weighted by atomic mass is 10.1. The number of benzene rings is 3. The van der Waals surface area contributed by atoms with Gasteiger partial charge in [-0.15, -0.1) is 0 Å². The molecule has 8 heteroatoms. The van der Waals surface area contributed by atoms with E-state index in [1.54, 1.807) is 18.2 Å². The number of thiocarbonyl (C=S) groups is 1. The number of hydrogen-bond acceptors (Lipinski definition) is 4. The van der Waals surface area contributed by atoms with Gasteiger partial charge in [0.1, 0.15) is 0 Å². The third-order valence-electron chi connectivity index (χ3n) is 5.61. The highest BCUT2D eigenvalue weighted by Crippen LogP contribution is 2.27. The number of halogens is 1. The van der Waals surface area contributed by atoms with E-state index >= 15 is 0 Å². The topological polar surface area (TPSA) is 64.7 Å². The van der Waals surface area contributed by atoms with E-state index in [1.807, 2.05) is 71.6 Å². The Balaban J connectivity index is 1.33. The summed E-state index contributed by atoms with van der Waals surface area (Å²) in [4.78, 5) is 29.1. The molecule has 3 aromatic rings. The Morgan fingerprint density at radius 2 is 1.51 bits per heavy atom. The first-order valence-electron chi connectivity index (χ1n) is 11.2. The predicted octanol–water partition coefficient (Wildman–Crippen LogP) is 4.83. The van der Waals surface area contributed by atoms with Crippen molar-refractivity contribution in [2.75, 3.05) is 36.4 Å². The Labute approximate surface area is 215 Å². The van der Waals surface area contributed by atoms with Gasteiger partial charge >= 0.3 is 0 Å². The predicted molar refractivity (Wildman–Crippen MR) is 146 cm³/mol. The number of rotatable bonds is 5. The summed E-state index contributed by atoms with van der Waals surface area (Å²) in [6, 6.07) is 24.3. The van der Waals surface area contributed by atoms with Gasteiger partial charge in [0.15, 0.2) is 5.11 Å². The highest BCUT2D eigenvalue weighted by atomic mass is 35.5. The van der Waals surface area contributed by atoms with Crippen LogP contribution in [-0.2, 0) is 4.79 Å². The molecule has 0 unspecified atom stereocenters. The molecule has 2 amide bonds. The van der Waals surface area contributed by atoms with Gasteiger partial charge in [0.05, 0.1) is 11.4 Å². The molecule has 0 atom stereocenters. The molecular formula is C27H25ClN4O2S. The van der Waals surface area contributed by atoms with Gasteiger partial charge in [-0.1, -0.05) is 54.1 Å². The van der Waals surface area contributed by atoms with E-state index in [1.165, 1.54) is 6.08 Å². The van der Waals surface area contributed by atoms with Gasteiger partial charge in [-0.3, -0.25) is 14.9 Å². The molecule has 2 N–H and O–H groups in total. The van der Waals surface area contributed by atoms with Crippen LogP contribution in [0, 0.1) is 0 Å². The number of piperazine rings is 1. The van der Waals surface area contributed by atoms with Crippen molar-refractivity contribution in [3.63, 3.8) is 0 Å². The zero-order valence-electron chi connectivity index (χ0n) is 19.0. The van der Waals surface area contributed by atoms with Crippen LogP contribution in [0.2, 0.25) is 5.02 Å². The van der Waals surface area contributed by atoms with Crippen LogP contribution in [0.3, 0.4) is 0 Å². The largest absolute Gasteiger partial charge is 0.366 e. The molecule has 1 fully saturated rings. The number of carbonyl (C=O) groups is 2. The molecule has 0 radical (unpaired) electrons. The zero-order chi connectivity index (χ0) is 24.6. The average molecular weight is 505 g/mol. The van der Waals surface area contributed by atoms with Crippen LogP contribution in [0.5, 0.6) is 0 Å². The number of hydrogen-bond donors (Lipinski definition) is 2. The fourth-order valence-corrected chi connectivity index (χ4v) is 4.16. The molecule has 6 nitrogen and oxygen atoms in total. The third kappa shape index (κ3) is 6.68. The second kappa shape index (κ2) is 11.6. The van der Waals surface area contributed by atoms with Crippen LogP contribution < -0.4 is 15.5 Å². The maximum atomic E-state index is 12.7. The van der Waals surface area contributed by atoms with E-state index in [9.17, 15) is 9.59 Å². The molecular weight excluding hydrogens is 480 g/mol. The van der Waals surface area contributed by atoms with Gasteiger partial charge in [-0.25, -0.2) is 0 Å². The molecule has 0 saturated carbocycles. The molecule has 4 rings (SSSR count). The second-order valence-electron chi connectivity index (χ2n) is 7.99. The quantitative estimate of drug-likeness (QED) is 0.385. The zero-order valence-corrected chi connectivity index (χ0v) is 20.6. The number of anilines is 2. The number of nitrogens with zero attached hydrogens (tertiary/aromatic N) is 2. The molecule has 3 aromatic carbocycles. The van der Waals surface area contributed by atoms with Crippen molar-refractivity contribution in [2.24, 2.45) is 0 Å². The molecule has 1 aliphatic rings. The fraction of sp³-hybridized carbons (Fsp3) is 0.148. The Morgan fingerprint density at radius 1 is 0.857 bits per heavy atom. The fourth-order valence-electron chi connectivity index (χ4n) is 3.82. The van der Waals surface area contributed by atoms with Crippen LogP contribution in [0.1, 0.15) is 15.9 Å².